The molecule has 0 bridgehead atoms. The zero-order valence-electron chi connectivity index (χ0n) is 8.08. The number of primary amides is 1. The molecule has 76 valence electrons. The average molecular weight is 188 g/mol. The third kappa shape index (κ3) is 5.05. The molecule has 0 aromatic heterocycles. The minimum Gasteiger partial charge on any atom is -0.453 e. The minimum atomic E-state index is -0.526. The summed E-state index contributed by atoms with van der Waals surface area (Å²) in [6, 6.07) is 0. The molecule has 2 N–H and O–H groups in total. The number of carbonyl (C=O) groups is 2. The molecule has 0 atom stereocenters. The van der Waals surface area contributed by atoms with Crippen LogP contribution in [-0.4, -0.2) is 37.1 Å². The average Bonchev–Trinajstić information content (AvgIpc) is 2.10. The fourth-order valence-corrected chi connectivity index (χ4v) is 0.901. The molecule has 0 heterocycles. The van der Waals surface area contributed by atoms with E-state index in [1.54, 1.807) is 0 Å². The van der Waals surface area contributed by atoms with E-state index in [1.807, 2.05) is 6.92 Å². The highest BCUT2D eigenvalue weighted by Crippen LogP contribution is 1.97. The van der Waals surface area contributed by atoms with E-state index in [2.05, 4.69) is 4.74 Å². The van der Waals surface area contributed by atoms with Gasteiger partial charge in [0.05, 0.1) is 7.11 Å². The topological polar surface area (TPSA) is 72.6 Å². The van der Waals surface area contributed by atoms with Crippen molar-refractivity contribution in [3.05, 3.63) is 0 Å². The van der Waals surface area contributed by atoms with Crippen molar-refractivity contribution in [1.82, 2.24) is 4.90 Å². The molecule has 13 heavy (non-hydrogen) atoms. The van der Waals surface area contributed by atoms with Crippen molar-refractivity contribution in [3.63, 3.8) is 0 Å². The van der Waals surface area contributed by atoms with Gasteiger partial charge in [0.15, 0.2) is 0 Å². The minimum absolute atomic E-state index is 0.0767. The highest BCUT2D eigenvalue weighted by molar-refractivity contribution is 5.80. The van der Waals surface area contributed by atoms with Gasteiger partial charge in [-0.05, 0) is 6.42 Å². The van der Waals surface area contributed by atoms with Gasteiger partial charge in [0, 0.05) is 6.54 Å². The fraction of sp³-hybridized carbons (Fsp3) is 0.750. The van der Waals surface area contributed by atoms with Gasteiger partial charge in [-0.15, -0.1) is 0 Å². The highest BCUT2D eigenvalue weighted by atomic mass is 16.5. The summed E-state index contributed by atoms with van der Waals surface area (Å²) in [5, 5.41) is 0. The Balaban J connectivity index is 4.02. The summed E-state index contributed by atoms with van der Waals surface area (Å²) in [5.74, 6) is -0.526. The number of carbonyl (C=O) groups excluding carboxylic acids is 2. The summed E-state index contributed by atoms with van der Waals surface area (Å²) >= 11 is 0. The number of hydrogen-bond acceptors (Lipinski definition) is 3. The van der Waals surface area contributed by atoms with Crippen LogP contribution in [0.15, 0.2) is 0 Å². The molecule has 0 saturated carbocycles. The number of unbranched alkanes of at least 4 members (excludes halogenated alkanes) is 1. The first kappa shape index (κ1) is 11.7. The molecule has 0 unspecified atom stereocenters. The summed E-state index contributed by atoms with van der Waals surface area (Å²) in [4.78, 5) is 22.9. The lowest BCUT2D eigenvalue weighted by Crippen LogP contribution is -2.38. The van der Waals surface area contributed by atoms with Crippen LogP contribution in [0.25, 0.3) is 0 Å². The lowest BCUT2D eigenvalue weighted by molar-refractivity contribution is -0.118. The number of hydrogen-bond donors (Lipinski definition) is 1. The fourth-order valence-electron chi connectivity index (χ4n) is 0.901. The summed E-state index contributed by atoms with van der Waals surface area (Å²) in [5.41, 5.74) is 4.97. The lowest BCUT2D eigenvalue weighted by atomic mass is 10.3. The standard InChI is InChI=1S/C8H16N2O3/c1-3-4-5-10(6-7(9)11)8(12)13-2/h3-6H2,1-2H3,(H2,9,11). The van der Waals surface area contributed by atoms with Gasteiger partial charge in [0.1, 0.15) is 6.54 Å². The number of methoxy groups -OCH3 is 1. The van der Waals surface area contributed by atoms with E-state index in [0.29, 0.717) is 6.54 Å². The van der Waals surface area contributed by atoms with Gasteiger partial charge in [-0.3, -0.25) is 9.69 Å². The number of ether oxygens (including phenoxy) is 1. The first-order valence-electron chi connectivity index (χ1n) is 4.23. The maximum atomic E-state index is 11.0. The molecule has 0 radical (unpaired) electrons. The third-order valence-corrected chi connectivity index (χ3v) is 1.56. The van der Waals surface area contributed by atoms with E-state index in [1.165, 1.54) is 12.0 Å². The third-order valence-electron chi connectivity index (χ3n) is 1.56. The van der Waals surface area contributed by atoms with Gasteiger partial charge in [-0.2, -0.15) is 0 Å². The van der Waals surface area contributed by atoms with E-state index in [9.17, 15) is 9.59 Å². The van der Waals surface area contributed by atoms with E-state index in [0.717, 1.165) is 12.8 Å². The lowest BCUT2D eigenvalue weighted by Gasteiger charge is -2.18. The molecule has 0 aromatic rings. The zero-order chi connectivity index (χ0) is 10.3. The van der Waals surface area contributed by atoms with Crippen LogP contribution in [0.5, 0.6) is 0 Å². The summed E-state index contributed by atoms with van der Waals surface area (Å²) < 4.78 is 4.49. The molecule has 5 heteroatoms. The van der Waals surface area contributed by atoms with E-state index in [4.69, 9.17) is 5.73 Å². The van der Waals surface area contributed by atoms with Crippen LogP contribution in [0.2, 0.25) is 0 Å². The molecule has 0 spiro atoms. The first-order valence-corrected chi connectivity index (χ1v) is 4.23. The Kier molecular flexibility index (Phi) is 5.67. The Bertz CT molecular complexity index is 182. The second-order valence-corrected chi connectivity index (χ2v) is 2.71. The van der Waals surface area contributed by atoms with Gasteiger partial charge >= 0.3 is 6.09 Å². The predicted octanol–water partition coefficient (Wildman–Crippen LogP) is 0.340. The van der Waals surface area contributed by atoms with Crippen LogP contribution in [0.4, 0.5) is 4.79 Å². The van der Waals surface area contributed by atoms with Crippen molar-refractivity contribution in [2.24, 2.45) is 5.73 Å². The van der Waals surface area contributed by atoms with Crippen LogP contribution in [0, 0.1) is 0 Å². The van der Waals surface area contributed by atoms with Gasteiger partial charge in [0.2, 0.25) is 5.91 Å². The van der Waals surface area contributed by atoms with Crippen molar-refractivity contribution in [2.45, 2.75) is 19.8 Å². The second-order valence-electron chi connectivity index (χ2n) is 2.71. The first-order chi connectivity index (χ1) is 6.11. The summed E-state index contributed by atoms with van der Waals surface area (Å²) in [7, 11) is 1.28. The Hall–Kier alpha value is -1.26. The maximum Gasteiger partial charge on any atom is 0.409 e. The van der Waals surface area contributed by atoms with Gasteiger partial charge in [-0.25, -0.2) is 4.79 Å². The van der Waals surface area contributed by atoms with E-state index in [-0.39, 0.29) is 6.54 Å². The Morgan fingerprint density at radius 2 is 2.08 bits per heavy atom. The van der Waals surface area contributed by atoms with Crippen molar-refractivity contribution in [2.75, 3.05) is 20.2 Å². The van der Waals surface area contributed by atoms with Crippen molar-refractivity contribution in [1.29, 1.82) is 0 Å². The number of nitrogens with zero attached hydrogens (tertiary/aromatic N) is 1. The second kappa shape index (κ2) is 6.28. The summed E-state index contributed by atoms with van der Waals surface area (Å²) in [6.07, 6.45) is 1.28. The molecule has 5 nitrogen and oxygen atoms in total. The molecule has 0 saturated heterocycles. The SMILES string of the molecule is CCCCN(CC(N)=O)C(=O)OC. The van der Waals surface area contributed by atoms with Crippen LogP contribution >= 0.6 is 0 Å². The van der Waals surface area contributed by atoms with Crippen LogP contribution in [0.3, 0.4) is 0 Å². The normalized spacial score (nSPS) is 9.38. The number of amides is 2. The van der Waals surface area contributed by atoms with Crippen molar-refractivity contribution < 1.29 is 14.3 Å². The Morgan fingerprint density at radius 3 is 2.46 bits per heavy atom. The smallest absolute Gasteiger partial charge is 0.409 e. The van der Waals surface area contributed by atoms with Crippen LogP contribution < -0.4 is 5.73 Å². The quantitative estimate of drug-likeness (QED) is 0.676. The molecule has 0 aliphatic rings. The molecule has 0 rings (SSSR count). The molecular weight excluding hydrogens is 172 g/mol. The summed E-state index contributed by atoms with van der Waals surface area (Å²) in [6.45, 7) is 2.43. The van der Waals surface area contributed by atoms with Crippen LogP contribution in [0.1, 0.15) is 19.8 Å². The number of rotatable bonds is 5. The predicted molar refractivity (Wildman–Crippen MR) is 48.1 cm³/mol. The van der Waals surface area contributed by atoms with Crippen molar-refractivity contribution >= 4 is 12.0 Å². The molecule has 2 amide bonds. The highest BCUT2D eigenvalue weighted by Gasteiger charge is 2.14. The van der Waals surface area contributed by atoms with E-state index < -0.39 is 12.0 Å². The molecule has 0 aromatic carbocycles. The monoisotopic (exact) mass is 188 g/mol. The molecule has 0 fully saturated rings. The maximum absolute atomic E-state index is 11.0. The van der Waals surface area contributed by atoms with Gasteiger partial charge < -0.3 is 10.5 Å². The van der Waals surface area contributed by atoms with Gasteiger partial charge in [0.25, 0.3) is 0 Å². The largest absolute Gasteiger partial charge is 0.453 e. The van der Waals surface area contributed by atoms with Crippen LogP contribution in [-0.2, 0) is 9.53 Å². The molecule has 0 aliphatic heterocycles. The van der Waals surface area contributed by atoms with Crippen molar-refractivity contribution in [3.8, 4) is 0 Å². The molecular formula is C8H16N2O3. The number of nitrogens with two attached hydrogens (primary N) is 1. The molecule has 0 aliphatic carbocycles. The Morgan fingerprint density at radius 1 is 1.46 bits per heavy atom. The Labute approximate surface area is 77.8 Å². The zero-order valence-corrected chi connectivity index (χ0v) is 8.08. The van der Waals surface area contributed by atoms with E-state index >= 15 is 0 Å². The van der Waals surface area contributed by atoms with Gasteiger partial charge in [-0.1, -0.05) is 13.3 Å².